The third kappa shape index (κ3) is 3.53. The van der Waals surface area contributed by atoms with Crippen LogP contribution >= 0.6 is 0 Å². The average molecular weight is 209 g/mol. The molecule has 0 amide bonds. The first kappa shape index (κ1) is 11.4. The smallest absolute Gasteiger partial charge is 0.287 e. The average Bonchev–Trinajstić information content (AvgIpc) is 2.18. The molecular formula is C10H15N3O2. The molecule has 0 aliphatic rings. The number of nitrogens with one attached hydrogen (secondary N) is 1. The molecule has 82 valence electrons. The number of nitrogens with zero attached hydrogens (tertiary/aromatic N) is 2. The summed E-state index contributed by atoms with van der Waals surface area (Å²) in [6.45, 7) is 4.17. The van der Waals surface area contributed by atoms with Crippen LogP contribution in [0.2, 0.25) is 0 Å². The second kappa shape index (κ2) is 5.29. The summed E-state index contributed by atoms with van der Waals surface area (Å²) in [6, 6.07) is 3.42. The lowest BCUT2D eigenvalue weighted by Gasteiger charge is -2.12. The first-order valence-corrected chi connectivity index (χ1v) is 5.00. The van der Waals surface area contributed by atoms with Gasteiger partial charge in [0.2, 0.25) is 0 Å². The van der Waals surface area contributed by atoms with Crippen molar-refractivity contribution in [1.29, 1.82) is 0 Å². The lowest BCUT2D eigenvalue weighted by molar-refractivity contribution is -0.385. The van der Waals surface area contributed by atoms with E-state index in [2.05, 4.69) is 24.1 Å². The van der Waals surface area contributed by atoms with Crippen molar-refractivity contribution in [2.45, 2.75) is 32.7 Å². The van der Waals surface area contributed by atoms with Crippen LogP contribution in [0.4, 0.5) is 11.5 Å². The summed E-state index contributed by atoms with van der Waals surface area (Å²) in [5.41, 5.74) is 0.0173. The zero-order valence-electron chi connectivity index (χ0n) is 8.93. The molecule has 5 heteroatoms. The number of anilines is 1. The van der Waals surface area contributed by atoms with Crippen LogP contribution in [0, 0.1) is 10.1 Å². The van der Waals surface area contributed by atoms with Crippen molar-refractivity contribution in [3.63, 3.8) is 0 Å². The van der Waals surface area contributed by atoms with Crippen molar-refractivity contribution in [3.8, 4) is 0 Å². The zero-order chi connectivity index (χ0) is 11.3. The van der Waals surface area contributed by atoms with E-state index in [-0.39, 0.29) is 5.69 Å². The van der Waals surface area contributed by atoms with E-state index >= 15 is 0 Å². The predicted octanol–water partition coefficient (Wildman–Crippen LogP) is 2.59. The van der Waals surface area contributed by atoms with Crippen LogP contribution < -0.4 is 5.32 Å². The summed E-state index contributed by atoms with van der Waals surface area (Å²) in [6.07, 6.45) is 3.42. The third-order valence-electron chi connectivity index (χ3n) is 2.07. The van der Waals surface area contributed by atoms with E-state index in [1.807, 2.05) is 0 Å². The molecule has 1 aromatic heterocycles. The van der Waals surface area contributed by atoms with Gasteiger partial charge in [0.15, 0.2) is 0 Å². The zero-order valence-corrected chi connectivity index (χ0v) is 8.93. The largest absolute Gasteiger partial charge is 0.368 e. The van der Waals surface area contributed by atoms with Crippen LogP contribution in [0.25, 0.3) is 0 Å². The maximum absolute atomic E-state index is 10.4. The van der Waals surface area contributed by atoms with Crippen molar-refractivity contribution < 1.29 is 4.92 Å². The maximum Gasteiger partial charge on any atom is 0.287 e. The number of hydrogen-bond acceptors (Lipinski definition) is 4. The fourth-order valence-corrected chi connectivity index (χ4v) is 1.34. The quantitative estimate of drug-likeness (QED) is 0.597. The lowest BCUT2D eigenvalue weighted by Crippen LogP contribution is -2.15. The minimum atomic E-state index is -0.452. The molecule has 1 N–H and O–H groups in total. The summed E-state index contributed by atoms with van der Waals surface area (Å²) in [5, 5.41) is 13.6. The molecule has 15 heavy (non-hydrogen) atoms. The van der Waals surface area contributed by atoms with Gasteiger partial charge in [0.05, 0.1) is 4.92 Å². The molecule has 0 aliphatic heterocycles. The summed E-state index contributed by atoms with van der Waals surface area (Å²) in [4.78, 5) is 13.9. The second-order valence-corrected chi connectivity index (χ2v) is 3.49. The molecule has 0 radical (unpaired) electrons. The third-order valence-corrected chi connectivity index (χ3v) is 2.07. The molecule has 1 unspecified atom stereocenters. The van der Waals surface area contributed by atoms with E-state index in [0.29, 0.717) is 11.9 Å². The maximum atomic E-state index is 10.4. The van der Waals surface area contributed by atoms with Crippen LogP contribution in [0.15, 0.2) is 18.3 Å². The van der Waals surface area contributed by atoms with Gasteiger partial charge in [-0.1, -0.05) is 13.3 Å². The lowest BCUT2D eigenvalue weighted by atomic mass is 10.2. The van der Waals surface area contributed by atoms with Gasteiger partial charge in [0, 0.05) is 12.1 Å². The molecule has 0 saturated heterocycles. The summed E-state index contributed by atoms with van der Waals surface area (Å²) < 4.78 is 0. The summed E-state index contributed by atoms with van der Waals surface area (Å²) in [7, 11) is 0. The van der Waals surface area contributed by atoms with Gasteiger partial charge in [-0.2, -0.15) is 0 Å². The number of nitro groups is 1. The van der Waals surface area contributed by atoms with E-state index in [0.717, 1.165) is 12.8 Å². The van der Waals surface area contributed by atoms with Gasteiger partial charge < -0.3 is 5.32 Å². The van der Waals surface area contributed by atoms with Gasteiger partial charge in [-0.15, -0.1) is 0 Å². The monoisotopic (exact) mass is 209 g/mol. The highest BCUT2D eigenvalue weighted by Gasteiger charge is 2.06. The molecule has 0 bridgehead atoms. The van der Waals surface area contributed by atoms with E-state index in [9.17, 15) is 10.1 Å². The van der Waals surface area contributed by atoms with E-state index in [1.165, 1.54) is 12.3 Å². The van der Waals surface area contributed by atoms with Crippen molar-refractivity contribution in [2.75, 3.05) is 5.32 Å². The minimum absolute atomic E-state index is 0.0173. The Morgan fingerprint density at radius 1 is 1.60 bits per heavy atom. The van der Waals surface area contributed by atoms with Gasteiger partial charge >= 0.3 is 0 Å². The highest BCUT2D eigenvalue weighted by Crippen LogP contribution is 2.13. The van der Waals surface area contributed by atoms with Gasteiger partial charge in [-0.05, 0) is 19.4 Å². The molecule has 5 nitrogen and oxygen atoms in total. The second-order valence-electron chi connectivity index (χ2n) is 3.49. The summed E-state index contributed by atoms with van der Waals surface area (Å²) >= 11 is 0. The Kier molecular flexibility index (Phi) is 4.03. The highest BCUT2D eigenvalue weighted by atomic mass is 16.6. The molecule has 1 atom stereocenters. The standard InChI is InChI=1S/C10H15N3O2/c1-3-4-8(2)12-10-6-5-9(7-11-10)13(14)15/h5-8H,3-4H2,1-2H3,(H,11,12). The molecule has 1 rings (SSSR count). The SMILES string of the molecule is CCCC(C)Nc1ccc([N+](=O)[O-])cn1. The molecule has 0 fully saturated rings. The van der Waals surface area contributed by atoms with Crippen LogP contribution in [0.3, 0.4) is 0 Å². The Labute approximate surface area is 88.7 Å². The van der Waals surface area contributed by atoms with Crippen LogP contribution in [0.5, 0.6) is 0 Å². The highest BCUT2D eigenvalue weighted by molar-refractivity contribution is 5.40. The molecule has 1 heterocycles. The first-order chi connectivity index (χ1) is 7.13. The van der Waals surface area contributed by atoms with Gasteiger partial charge in [-0.3, -0.25) is 10.1 Å². The molecular weight excluding hydrogens is 194 g/mol. The number of pyridine rings is 1. The van der Waals surface area contributed by atoms with Gasteiger partial charge in [-0.25, -0.2) is 4.98 Å². The topological polar surface area (TPSA) is 68.1 Å². The summed E-state index contributed by atoms with van der Waals surface area (Å²) in [5.74, 6) is 0.682. The van der Waals surface area contributed by atoms with Crippen LogP contribution in [-0.4, -0.2) is 15.9 Å². The molecule has 0 aliphatic carbocycles. The fraction of sp³-hybridized carbons (Fsp3) is 0.500. The molecule has 0 saturated carbocycles. The Morgan fingerprint density at radius 2 is 2.33 bits per heavy atom. The Hall–Kier alpha value is -1.65. The number of rotatable bonds is 5. The molecule has 1 aromatic rings. The van der Waals surface area contributed by atoms with Gasteiger partial charge in [0.25, 0.3) is 5.69 Å². The number of aromatic nitrogens is 1. The Balaban J connectivity index is 2.60. The fourth-order valence-electron chi connectivity index (χ4n) is 1.34. The number of hydrogen-bond donors (Lipinski definition) is 1. The van der Waals surface area contributed by atoms with Crippen molar-refractivity contribution in [1.82, 2.24) is 4.98 Å². The van der Waals surface area contributed by atoms with E-state index in [1.54, 1.807) is 6.07 Å². The van der Waals surface area contributed by atoms with Gasteiger partial charge in [0.1, 0.15) is 12.0 Å². The van der Waals surface area contributed by atoms with Crippen molar-refractivity contribution in [3.05, 3.63) is 28.4 Å². The van der Waals surface area contributed by atoms with Crippen molar-refractivity contribution >= 4 is 11.5 Å². The van der Waals surface area contributed by atoms with E-state index < -0.39 is 4.92 Å². The predicted molar refractivity (Wildman–Crippen MR) is 58.9 cm³/mol. The minimum Gasteiger partial charge on any atom is -0.368 e. The van der Waals surface area contributed by atoms with Crippen molar-refractivity contribution in [2.24, 2.45) is 0 Å². The Bertz CT molecular complexity index is 324. The van der Waals surface area contributed by atoms with E-state index in [4.69, 9.17) is 0 Å². The Morgan fingerprint density at radius 3 is 2.80 bits per heavy atom. The van der Waals surface area contributed by atoms with Crippen LogP contribution in [0.1, 0.15) is 26.7 Å². The van der Waals surface area contributed by atoms with Crippen LogP contribution in [-0.2, 0) is 0 Å². The molecule has 0 aromatic carbocycles. The molecule has 0 spiro atoms. The normalized spacial score (nSPS) is 12.1. The first-order valence-electron chi connectivity index (χ1n) is 5.00.